The van der Waals surface area contributed by atoms with Crippen molar-refractivity contribution in [2.75, 3.05) is 11.1 Å². The minimum atomic E-state index is -3.69. The highest BCUT2D eigenvalue weighted by Gasteiger charge is 2.43. The number of carbonyl (C=O) groups is 1. The molecule has 0 saturated heterocycles. The molecule has 6 nitrogen and oxygen atoms in total. The van der Waals surface area contributed by atoms with Gasteiger partial charge < -0.3 is 14.8 Å². The number of para-hydroxylation sites is 1. The lowest BCUT2D eigenvalue weighted by molar-refractivity contribution is -0.286. The van der Waals surface area contributed by atoms with Crippen LogP contribution >= 0.6 is 11.8 Å². The number of nitrogens with one attached hydrogen (secondary N) is 1. The van der Waals surface area contributed by atoms with E-state index in [9.17, 15) is 13.6 Å². The second kappa shape index (κ2) is 6.66. The number of alkyl halides is 2. The molecule has 3 aromatic rings. The largest absolute Gasteiger partial charge is 0.586 e. The number of ether oxygens (including phenoxy) is 2. The zero-order valence-electron chi connectivity index (χ0n) is 14.0. The van der Waals surface area contributed by atoms with Gasteiger partial charge in [-0.15, -0.1) is 8.78 Å². The van der Waals surface area contributed by atoms with Gasteiger partial charge >= 0.3 is 6.29 Å². The Bertz CT molecular complexity index is 1050. The van der Waals surface area contributed by atoms with E-state index >= 15 is 0 Å². The summed E-state index contributed by atoms with van der Waals surface area (Å²) in [4.78, 5) is 21.0. The van der Waals surface area contributed by atoms with Crippen molar-refractivity contribution in [2.24, 2.45) is 0 Å². The quantitative estimate of drug-likeness (QED) is 0.537. The van der Waals surface area contributed by atoms with Crippen molar-refractivity contribution in [3.05, 3.63) is 48.3 Å². The Morgan fingerprint density at radius 1 is 1.15 bits per heavy atom. The fraction of sp³-hybridized carbons (Fsp3) is 0.167. The number of hydrogen-bond donors (Lipinski definition) is 1. The zero-order chi connectivity index (χ0) is 19.0. The Hall–Kier alpha value is -2.94. The summed E-state index contributed by atoms with van der Waals surface area (Å²) in [5.41, 5.74) is 1.15. The maximum absolute atomic E-state index is 13.1. The number of aryl methyl sites for hydroxylation is 1. The minimum absolute atomic E-state index is 0.0738. The molecule has 0 radical (unpaired) electrons. The SMILES string of the molecule is Cc1nc(SCC(=O)Nc2ccc3c(c2)OC(F)(F)O3)c2ccccc2n1. The summed E-state index contributed by atoms with van der Waals surface area (Å²) < 4.78 is 34.8. The summed E-state index contributed by atoms with van der Waals surface area (Å²) in [6.07, 6.45) is -3.69. The second-order valence-electron chi connectivity index (χ2n) is 5.76. The number of thioether (sulfide) groups is 1. The molecule has 1 aromatic heterocycles. The molecule has 1 aliphatic rings. The number of nitrogens with zero attached hydrogens (tertiary/aromatic N) is 2. The lowest BCUT2D eigenvalue weighted by Crippen LogP contribution is -2.25. The van der Waals surface area contributed by atoms with Gasteiger partial charge in [0.15, 0.2) is 11.5 Å². The molecular formula is C18H13F2N3O3S. The molecular weight excluding hydrogens is 376 g/mol. The van der Waals surface area contributed by atoms with Gasteiger partial charge in [-0.1, -0.05) is 30.0 Å². The molecule has 0 spiro atoms. The van der Waals surface area contributed by atoms with E-state index in [0.29, 0.717) is 16.5 Å². The van der Waals surface area contributed by atoms with Crippen LogP contribution in [0.5, 0.6) is 11.5 Å². The van der Waals surface area contributed by atoms with Gasteiger partial charge in [-0.05, 0) is 25.1 Å². The molecule has 9 heteroatoms. The zero-order valence-corrected chi connectivity index (χ0v) is 14.8. The van der Waals surface area contributed by atoms with Gasteiger partial charge in [0.1, 0.15) is 10.9 Å². The summed E-state index contributed by atoms with van der Waals surface area (Å²) in [6, 6.07) is 11.6. The molecule has 2 aromatic carbocycles. The van der Waals surface area contributed by atoms with Gasteiger partial charge in [0.05, 0.1) is 11.3 Å². The van der Waals surface area contributed by atoms with Gasteiger partial charge in [-0.25, -0.2) is 9.97 Å². The van der Waals surface area contributed by atoms with E-state index in [1.807, 2.05) is 24.3 Å². The van der Waals surface area contributed by atoms with Crippen LogP contribution in [0, 0.1) is 6.92 Å². The number of rotatable bonds is 4. The third-order valence-corrected chi connectivity index (χ3v) is 4.70. The van der Waals surface area contributed by atoms with E-state index in [0.717, 1.165) is 10.9 Å². The molecule has 0 unspecified atom stereocenters. The van der Waals surface area contributed by atoms with Crippen LogP contribution in [0.4, 0.5) is 14.5 Å². The first-order valence-corrected chi connectivity index (χ1v) is 8.94. The molecule has 1 aliphatic heterocycles. The summed E-state index contributed by atoms with van der Waals surface area (Å²) in [5.74, 6) is 0.225. The number of carbonyl (C=O) groups excluding carboxylic acids is 1. The van der Waals surface area contributed by atoms with Gasteiger partial charge in [-0.3, -0.25) is 4.79 Å². The Kier molecular flexibility index (Phi) is 4.31. The molecule has 0 saturated carbocycles. The third kappa shape index (κ3) is 3.77. The van der Waals surface area contributed by atoms with Crippen molar-refractivity contribution < 1.29 is 23.0 Å². The molecule has 138 valence electrons. The summed E-state index contributed by atoms with van der Waals surface area (Å²) in [7, 11) is 0. The van der Waals surface area contributed by atoms with Crippen molar-refractivity contribution in [1.82, 2.24) is 9.97 Å². The highest BCUT2D eigenvalue weighted by atomic mass is 32.2. The van der Waals surface area contributed by atoms with Gasteiger partial charge in [-0.2, -0.15) is 0 Å². The van der Waals surface area contributed by atoms with Gasteiger partial charge in [0.2, 0.25) is 5.91 Å². The summed E-state index contributed by atoms with van der Waals surface area (Å²) in [6.45, 7) is 1.79. The van der Waals surface area contributed by atoms with Crippen molar-refractivity contribution in [1.29, 1.82) is 0 Å². The normalized spacial score (nSPS) is 14.3. The van der Waals surface area contributed by atoms with Crippen LogP contribution in [0.1, 0.15) is 5.82 Å². The number of aromatic nitrogens is 2. The fourth-order valence-electron chi connectivity index (χ4n) is 2.63. The Labute approximate surface area is 156 Å². The first-order valence-electron chi connectivity index (χ1n) is 7.95. The van der Waals surface area contributed by atoms with Crippen LogP contribution in [-0.4, -0.2) is 27.9 Å². The molecule has 1 N–H and O–H groups in total. The molecule has 0 aliphatic carbocycles. The van der Waals surface area contributed by atoms with Crippen LogP contribution in [-0.2, 0) is 4.79 Å². The lowest BCUT2D eigenvalue weighted by atomic mass is 10.2. The van der Waals surface area contributed by atoms with E-state index in [2.05, 4.69) is 24.8 Å². The van der Waals surface area contributed by atoms with Crippen LogP contribution < -0.4 is 14.8 Å². The molecule has 0 atom stereocenters. The number of benzene rings is 2. The predicted molar refractivity (Wildman–Crippen MR) is 96.3 cm³/mol. The molecule has 27 heavy (non-hydrogen) atoms. The third-order valence-electron chi connectivity index (χ3n) is 3.71. The standard InChI is InChI=1S/C18H13F2N3O3S/c1-10-21-13-5-3-2-4-12(13)17(22-10)27-9-16(24)23-11-6-7-14-15(8-11)26-18(19,20)25-14/h2-8H,9H2,1H3,(H,23,24). The van der Waals surface area contributed by atoms with E-state index < -0.39 is 6.29 Å². The number of hydrogen-bond acceptors (Lipinski definition) is 6. The van der Waals surface area contributed by atoms with E-state index in [1.165, 1.54) is 30.0 Å². The van der Waals surface area contributed by atoms with E-state index in [4.69, 9.17) is 0 Å². The fourth-order valence-corrected chi connectivity index (χ4v) is 3.49. The number of halogens is 2. The van der Waals surface area contributed by atoms with E-state index in [1.54, 1.807) is 6.92 Å². The first kappa shape index (κ1) is 17.5. The predicted octanol–water partition coefficient (Wildman–Crippen LogP) is 3.99. The van der Waals surface area contributed by atoms with Crippen molar-refractivity contribution in [3.63, 3.8) is 0 Å². The van der Waals surface area contributed by atoms with Gasteiger partial charge in [0.25, 0.3) is 0 Å². The molecule has 0 fully saturated rings. The molecule has 0 bridgehead atoms. The van der Waals surface area contributed by atoms with Crippen LogP contribution in [0.15, 0.2) is 47.5 Å². The smallest absolute Gasteiger partial charge is 0.395 e. The average Bonchev–Trinajstić information content (AvgIpc) is 2.92. The number of amides is 1. The number of fused-ring (bicyclic) bond motifs is 2. The maximum atomic E-state index is 13.1. The van der Waals surface area contributed by atoms with Crippen LogP contribution in [0.2, 0.25) is 0 Å². The first-order chi connectivity index (χ1) is 12.9. The minimum Gasteiger partial charge on any atom is -0.395 e. The Morgan fingerprint density at radius 3 is 2.78 bits per heavy atom. The summed E-state index contributed by atoms with van der Waals surface area (Å²) in [5, 5.41) is 4.22. The second-order valence-corrected chi connectivity index (χ2v) is 6.72. The Morgan fingerprint density at radius 2 is 1.93 bits per heavy atom. The molecule has 1 amide bonds. The highest BCUT2D eigenvalue weighted by molar-refractivity contribution is 8.00. The average molecular weight is 389 g/mol. The van der Waals surface area contributed by atoms with Gasteiger partial charge in [0, 0.05) is 17.1 Å². The van der Waals surface area contributed by atoms with Crippen molar-refractivity contribution >= 4 is 34.3 Å². The highest BCUT2D eigenvalue weighted by Crippen LogP contribution is 2.42. The summed E-state index contributed by atoms with van der Waals surface area (Å²) >= 11 is 1.28. The Balaban J connectivity index is 1.44. The lowest BCUT2D eigenvalue weighted by Gasteiger charge is -2.08. The molecule has 4 rings (SSSR count). The maximum Gasteiger partial charge on any atom is 0.586 e. The monoisotopic (exact) mass is 389 g/mol. The number of anilines is 1. The van der Waals surface area contributed by atoms with Crippen molar-refractivity contribution in [2.45, 2.75) is 18.2 Å². The topological polar surface area (TPSA) is 73.3 Å². The van der Waals surface area contributed by atoms with Crippen molar-refractivity contribution in [3.8, 4) is 11.5 Å². The van der Waals surface area contributed by atoms with E-state index in [-0.39, 0.29) is 23.2 Å². The molecule has 2 heterocycles. The van der Waals surface area contributed by atoms with Crippen LogP contribution in [0.25, 0.3) is 10.9 Å². The van der Waals surface area contributed by atoms with Crippen LogP contribution in [0.3, 0.4) is 0 Å².